The predicted molar refractivity (Wildman–Crippen MR) is 84.5 cm³/mol. The molecule has 2 aliphatic heterocycles. The Balaban J connectivity index is 1.42. The average Bonchev–Trinajstić information content (AvgIpc) is 3.09. The van der Waals surface area contributed by atoms with Crippen LogP contribution in [0.2, 0.25) is 0 Å². The molecule has 0 aliphatic carbocycles. The van der Waals surface area contributed by atoms with Gasteiger partial charge < -0.3 is 14.4 Å². The molecule has 0 unspecified atom stereocenters. The summed E-state index contributed by atoms with van der Waals surface area (Å²) < 4.78 is 11.2. The first-order valence-corrected chi connectivity index (χ1v) is 8.29. The summed E-state index contributed by atoms with van der Waals surface area (Å²) in [5.41, 5.74) is 2.50. The molecule has 2 heterocycles. The molecule has 2 fully saturated rings. The second-order valence-electron chi connectivity index (χ2n) is 6.31. The highest BCUT2D eigenvalue weighted by Gasteiger charge is 2.31. The van der Waals surface area contributed by atoms with E-state index >= 15 is 0 Å². The maximum absolute atomic E-state index is 12.3. The number of amides is 1. The van der Waals surface area contributed by atoms with Gasteiger partial charge in [0.2, 0.25) is 5.91 Å². The van der Waals surface area contributed by atoms with Crippen molar-refractivity contribution in [2.75, 3.05) is 26.3 Å². The van der Waals surface area contributed by atoms with E-state index in [9.17, 15) is 4.79 Å². The minimum absolute atomic E-state index is 0.0372. The number of likely N-dealkylation sites (tertiary alicyclic amines) is 1. The maximum atomic E-state index is 12.3. The van der Waals surface area contributed by atoms with Gasteiger partial charge in [-0.3, -0.25) is 4.79 Å². The third-order valence-corrected chi connectivity index (χ3v) is 4.67. The van der Waals surface area contributed by atoms with Crippen LogP contribution >= 0.6 is 0 Å². The van der Waals surface area contributed by atoms with Crippen molar-refractivity contribution >= 4 is 5.91 Å². The minimum atomic E-state index is -0.0372. The molecule has 4 heteroatoms. The Morgan fingerprint density at radius 3 is 2.41 bits per heavy atom. The molecule has 3 rings (SSSR count). The topological polar surface area (TPSA) is 38.8 Å². The summed E-state index contributed by atoms with van der Waals surface area (Å²) in [6.07, 6.45) is 3.37. The molecule has 4 nitrogen and oxygen atoms in total. The first-order valence-electron chi connectivity index (χ1n) is 8.29. The zero-order valence-electron chi connectivity index (χ0n) is 13.3. The van der Waals surface area contributed by atoms with Gasteiger partial charge in [-0.1, -0.05) is 29.8 Å². The first-order chi connectivity index (χ1) is 10.7. The van der Waals surface area contributed by atoms with E-state index in [0.717, 1.165) is 32.4 Å². The number of benzene rings is 1. The maximum Gasteiger partial charge on any atom is 0.222 e. The molecule has 2 aliphatic rings. The van der Waals surface area contributed by atoms with Crippen LogP contribution in [0.5, 0.6) is 0 Å². The summed E-state index contributed by atoms with van der Waals surface area (Å²) in [4.78, 5) is 14.3. The lowest BCUT2D eigenvalue weighted by Gasteiger charge is -2.34. The molecule has 1 amide bonds. The molecule has 1 aromatic carbocycles. The molecule has 2 saturated heterocycles. The molecule has 0 spiro atoms. The van der Waals surface area contributed by atoms with Crippen LogP contribution in [-0.4, -0.2) is 43.4 Å². The van der Waals surface area contributed by atoms with Crippen LogP contribution in [0.4, 0.5) is 0 Å². The first kappa shape index (κ1) is 15.5. The van der Waals surface area contributed by atoms with Gasteiger partial charge in [0.15, 0.2) is 6.29 Å². The van der Waals surface area contributed by atoms with Gasteiger partial charge in [-0.05, 0) is 31.7 Å². The lowest BCUT2D eigenvalue weighted by atomic mass is 9.95. The molecule has 22 heavy (non-hydrogen) atoms. The molecule has 0 atom stereocenters. The van der Waals surface area contributed by atoms with Crippen LogP contribution in [-0.2, 0) is 20.7 Å². The number of hydrogen-bond donors (Lipinski definition) is 0. The summed E-state index contributed by atoms with van der Waals surface area (Å²) in [6, 6.07) is 8.44. The molecule has 0 N–H and O–H groups in total. The van der Waals surface area contributed by atoms with Crippen molar-refractivity contribution < 1.29 is 14.3 Å². The second-order valence-corrected chi connectivity index (χ2v) is 6.31. The third-order valence-electron chi connectivity index (χ3n) is 4.67. The number of carbonyl (C=O) groups excluding carboxylic acids is 1. The largest absolute Gasteiger partial charge is 0.350 e. The van der Waals surface area contributed by atoms with Crippen molar-refractivity contribution in [1.29, 1.82) is 0 Å². The van der Waals surface area contributed by atoms with Crippen LogP contribution < -0.4 is 0 Å². The molecular formula is C18H25NO3. The summed E-state index contributed by atoms with van der Waals surface area (Å²) in [5.74, 6) is 0.718. The van der Waals surface area contributed by atoms with E-state index in [2.05, 4.69) is 31.2 Å². The summed E-state index contributed by atoms with van der Waals surface area (Å²) in [5, 5.41) is 0. The zero-order chi connectivity index (χ0) is 15.4. The van der Waals surface area contributed by atoms with E-state index in [4.69, 9.17) is 9.47 Å². The van der Waals surface area contributed by atoms with Gasteiger partial charge in [-0.25, -0.2) is 0 Å². The Hall–Kier alpha value is -1.39. The normalized spacial score (nSPS) is 20.5. The molecule has 0 bridgehead atoms. The number of aryl methyl sites for hydroxylation is 2. The highest BCUT2D eigenvalue weighted by molar-refractivity contribution is 5.76. The Kier molecular flexibility index (Phi) is 5.11. The average molecular weight is 303 g/mol. The fourth-order valence-corrected chi connectivity index (χ4v) is 3.23. The lowest BCUT2D eigenvalue weighted by Crippen LogP contribution is -2.41. The number of nitrogens with zero attached hydrogens (tertiary/aromatic N) is 1. The molecule has 0 saturated carbocycles. The van der Waals surface area contributed by atoms with Gasteiger partial charge >= 0.3 is 0 Å². The van der Waals surface area contributed by atoms with E-state index in [1.807, 2.05) is 4.90 Å². The number of hydrogen-bond acceptors (Lipinski definition) is 3. The van der Waals surface area contributed by atoms with E-state index in [1.165, 1.54) is 11.1 Å². The zero-order valence-corrected chi connectivity index (χ0v) is 13.3. The Labute approximate surface area is 132 Å². The van der Waals surface area contributed by atoms with Gasteiger partial charge in [0.05, 0.1) is 13.2 Å². The van der Waals surface area contributed by atoms with Gasteiger partial charge in [0.25, 0.3) is 0 Å². The summed E-state index contributed by atoms with van der Waals surface area (Å²) in [7, 11) is 0. The number of piperidine rings is 1. The molecule has 0 aromatic heterocycles. The fourth-order valence-electron chi connectivity index (χ4n) is 3.23. The second kappa shape index (κ2) is 7.25. The number of ether oxygens (including phenoxy) is 2. The predicted octanol–water partition coefficient (Wildman–Crippen LogP) is 2.54. The van der Waals surface area contributed by atoms with Crippen LogP contribution in [0, 0.1) is 12.8 Å². The van der Waals surface area contributed by atoms with E-state index in [1.54, 1.807) is 0 Å². The van der Waals surface area contributed by atoms with Crippen molar-refractivity contribution in [3.05, 3.63) is 35.4 Å². The Morgan fingerprint density at radius 2 is 1.77 bits per heavy atom. The van der Waals surface area contributed by atoms with Crippen molar-refractivity contribution in [2.45, 2.75) is 38.9 Å². The van der Waals surface area contributed by atoms with E-state index in [-0.39, 0.29) is 12.2 Å². The number of rotatable bonds is 4. The highest BCUT2D eigenvalue weighted by Crippen LogP contribution is 2.26. The third kappa shape index (κ3) is 3.87. The van der Waals surface area contributed by atoms with Crippen molar-refractivity contribution in [3.8, 4) is 0 Å². The molecule has 0 radical (unpaired) electrons. The summed E-state index contributed by atoms with van der Waals surface area (Å²) >= 11 is 0. The van der Waals surface area contributed by atoms with Crippen molar-refractivity contribution in [1.82, 2.24) is 4.90 Å². The molecule has 1 aromatic rings. The van der Waals surface area contributed by atoms with Gasteiger partial charge in [0.1, 0.15) is 0 Å². The van der Waals surface area contributed by atoms with Gasteiger partial charge in [-0.15, -0.1) is 0 Å². The van der Waals surface area contributed by atoms with E-state index in [0.29, 0.717) is 25.6 Å². The van der Waals surface area contributed by atoms with Crippen molar-refractivity contribution in [2.24, 2.45) is 5.92 Å². The van der Waals surface area contributed by atoms with Gasteiger partial charge in [-0.2, -0.15) is 0 Å². The van der Waals surface area contributed by atoms with Crippen LogP contribution in [0.3, 0.4) is 0 Å². The SMILES string of the molecule is Cc1ccc(CCC(=O)N2CCC(C3OCCO3)CC2)cc1. The standard InChI is InChI=1S/C18H25NO3/c1-14-2-4-15(5-3-14)6-7-17(20)19-10-8-16(9-11-19)18-21-12-13-22-18/h2-5,16,18H,6-13H2,1H3. The smallest absolute Gasteiger partial charge is 0.222 e. The van der Waals surface area contributed by atoms with Gasteiger partial charge in [0, 0.05) is 25.4 Å². The molecular weight excluding hydrogens is 278 g/mol. The van der Waals surface area contributed by atoms with Crippen LogP contribution in [0.15, 0.2) is 24.3 Å². The Bertz CT molecular complexity index is 486. The monoisotopic (exact) mass is 303 g/mol. The highest BCUT2D eigenvalue weighted by atomic mass is 16.7. The minimum Gasteiger partial charge on any atom is -0.350 e. The quantitative estimate of drug-likeness (QED) is 0.858. The van der Waals surface area contributed by atoms with Crippen LogP contribution in [0.1, 0.15) is 30.4 Å². The van der Waals surface area contributed by atoms with Crippen LogP contribution in [0.25, 0.3) is 0 Å². The fraction of sp³-hybridized carbons (Fsp3) is 0.611. The molecule has 120 valence electrons. The van der Waals surface area contributed by atoms with Crippen molar-refractivity contribution in [3.63, 3.8) is 0 Å². The lowest BCUT2D eigenvalue weighted by molar-refractivity contribution is -0.136. The number of carbonyl (C=O) groups is 1. The van der Waals surface area contributed by atoms with E-state index < -0.39 is 0 Å². The summed E-state index contributed by atoms with van der Waals surface area (Å²) in [6.45, 7) is 5.17. The Morgan fingerprint density at radius 1 is 1.14 bits per heavy atom.